The first-order valence-corrected chi connectivity index (χ1v) is 8.28. The first kappa shape index (κ1) is 17.2. The molecule has 6 nitrogen and oxygen atoms in total. The average molecular weight is 332 g/mol. The summed E-state index contributed by atoms with van der Waals surface area (Å²) in [6, 6.07) is 9.16. The monoisotopic (exact) mass is 332 g/mol. The number of benzene rings is 1. The van der Waals surface area contributed by atoms with E-state index in [-0.39, 0.29) is 18.2 Å². The van der Waals surface area contributed by atoms with Gasteiger partial charge in [0.15, 0.2) is 5.17 Å². The topological polar surface area (TPSA) is 82.9 Å². The van der Waals surface area contributed by atoms with Gasteiger partial charge in [0, 0.05) is 17.8 Å². The minimum absolute atomic E-state index is 0.0945. The van der Waals surface area contributed by atoms with Gasteiger partial charge in [-0.25, -0.2) is 0 Å². The van der Waals surface area contributed by atoms with E-state index in [0.29, 0.717) is 16.8 Å². The van der Waals surface area contributed by atoms with Crippen molar-refractivity contribution < 1.29 is 9.59 Å². The number of thioether (sulfide) groups is 1. The summed E-state index contributed by atoms with van der Waals surface area (Å²) in [5.41, 5.74) is 1.60. The highest BCUT2D eigenvalue weighted by atomic mass is 32.2. The van der Waals surface area contributed by atoms with E-state index in [1.165, 1.54) is 11.8 Å². The molecular weight excluding hydrogens is 312 g/mol. The second kappa shape index (κ2) is 7.92. The Morgan fingerprint density at radius 2 is 2.04 bits per heavy atom. The van der Waals surface area contributed by atoms with E-state index >= 15 is 0 Å². The first-order chi connectivity index (χ1) is 11.0. The van der Waals surface area contributed by atoms with Crippen LogP contribution in [0.25, 0.3) is 0 Å². The first-order valence-electron chi connectivity index (χ1n) is 7.40. The van der Waals surface area contributed by atoms with Gasteiger partial charge in [0.05, 0.1) is 0 Å². The third-order valence-corrected chi connectivity index (χ3v) is 4.41. The highest BCUT2D eigenvalue weighted by Crippen LogP contribution is 2.23. The second-order valence-corrected chi connectivity index (χ2v) is 6.71. The lowest BCUT2D eigenvalue weighted by molar-refractivity contribution is -0.122. The number of amidine groups is 1. The van der Waals surface area contributed by atoms with E-state index in [1.807, 2.05) is 39.0 Å². The minimum Gasteiger partial charge on any atom is -0.326 e. The molecule has 0 aliphatic carbocycles. The van der Waals surface area contributed by atoms with Gasteiger partial charge in [-0.2, -0.15) is 5.10 Å². The molecule has 1 aromatic rings. The summed E-state index contributed by atoms with van der Waals surface area (Å²) in [5.74, 6) is -0.116. The van der Waals surface area contributed by atoms with Crippen molar-refractivity contribution in [2.24, 2.45) is 16.1 Å². The molecule has 1 atom stereocenters. The molecule has 0 aromatic heterocycles. The molecule has 0 saturated carbocycles. The molecule has 0 bridgehead atoms. The van der Waals surface area contributed by atoms with Gasteiger partial charge in [0.2, 0.25) is 11.8 Å². The summed E-state index contributed by atoms with van der Waals surface area (Å²) >= 11 is 1.23. The Morgan fingerprint density at radius 3 is 2.70 bits per heavy atom. The zero-order valence-corrected chi connectivity index (χ0v) is 14.2. The van der Waals surface area contributed by atoms with E-state index in [9.17, 15) is 9.59 Å². The summed E-state index contributed by atoms with van der Waals surface area (Å²) in [6.45, 7) is 5.94. The van der Waals surface area contributed by atoms with Crippen molar-refractivity contribution in [2.45, 2.75) is 32.4 Å². The predicted molar refractivity (Wildman–Crippen MR) is 94.6 cm³/mol. The number of nitrogens with zero attached hydrogens (tertiary/aromatic N) is 2. The summed E-state index contributed by atoms with van der Waals surface area (Å²) in [7, 11) is 0. The lowest BCUT2D eigenvalue weighted by Gasteiger charge is -2.06. The van der Waals surface area contributed by atoms with E-state index in [4.69, 9.17) is 0 Å². The van der Waals surface area contributed by atoms with Crippen molar-refractivity contribution in [1.82, 2.24) is 5.32 Å². The molecule has 2 N–H and O–H groups in total. The zero-order valence-electron chi connectivity index (χ0n) is 13.4. The fourth-order valence-electron chi connectivity index (χ4n) is 1.73. The minimum atomic E-state index is -0.480. The summed E-state index contributed by atoms with van der Waals surface area (Å²) in [4.78, 5) is 23.9. The van der Waals surface area contributed by atoms with Gasteiger partial charge < -0.3 is 10.6 Å². The predicted octanol–water partition coefficient (Wildman–Crippen LogP) is 2.63. The van der Waals surface area contributed by atoms with Gasteiger partial charge in [-0.3, -0.25) is 9.59 Å². The highest BCUT2D eigenvalue weighted by molar-refractivity contribution is 8.15. The molecular formula is C16H20N4O2S. The van der Waals surface area contributed by atoms with Crippen LogP contribution in [0.5, 0.6) is 0 Å². The highest BCUT2D eigenvalue weighted by Gasteiger charge is 2.32. The van der Waals surface area contributed by atoms with Crippen LogP contribution in [0.3, 0.4) is 0 Å². The van der Waals surface area contributed by atoms with Gasteiger partial charge in [0.1, 0.15) is 5.25 Å². The summed E-state index contributed by atoms with van der Waals surface area (Å²) in [6.07, 6.45) is 0.0945. The molecule has 0 unspecified atom stereocenters. The quantitative estimate of drug-likeness (QED) is 0.642. The van der Waals surface area contributed by atoms with E-state index < -0.39 is 5.25 Å². The van der Waals surface area contributed by atoms with E-state index in [0.717, 1.165) is 5.71 Å². The number of para-hydroxylation sites is 1. The van der Waals surface area contributed by atoms with Crippen LogP contribution in [0.15, 0.2) is 40.5 Å². The van der Waals surface area contributed by atoms with E-state index in [1.54, 1.807) is 12.1 Å². The Balaban J connectivity index is 1.92. The molecule has 1 aromatic carbocycles. The fourth-order valence-corrected chi connectivity index (χ4v) is 2.65. The van der Waals surface area contributed by atoms with Crippen LogP contribution in [0, 0.1) is 5.92 Å². The molecule has 1 saturated heterocycles. The maximum absolute atomic E-state index is 12.0. The lowest BCUT2D eigenvalue weighted by atomic mass is 10.1. The normalized spacial score (nSPS) is 20.0. The number of nitrogens with one attached hydrogen (secondary N) is 2. The lowest BCUT2D eigenvalue weighted by Crippen LogP contribution is -2.28. The Bertz CT molecular complexity index is 641. The number of amides is 2. The Morgan fingerprint density at radius 1 is 1.35 bits per heavy atom. The SMILES string of the molecule is C/C(=N\N=C1/NC(=O)[C@@H](CC(=O)Nc2ccccc2)S1)C(C)C. The Hall–Kier alpha value is -2.15. The average Bonchev–Trinajstić information content (AvgIpc) is 2.85. The van der Waals surface area contributed by atoms with Crippen LogP contribution in [-0.2, 0) is 9.59 Å². The number of anilines is 1. The van der Waals surface area contributed by atoms with Crippen molar-refractivity contribution in [1.29, 1.82) is 0 Å². The molecule has 2 amide bonds. The van der Waals surface area contributed by atoms with Crippen molar-refractivity contribution in [3.05, 3.63) is 30.3 Å². The standard InChI is InChI=1S/C16H20N4O2S/c1-10(2)11(3)19-20-16-18-15(22)13(23-16)9-14(21)17-12-7-5-4-6-8-12/h4-8,10,13H,9H2,1-3H3,(H,17,21)(H,18,20,22)/b19-11+/t13-/m1/s1. The number of carbonyl (C=O) groups is 2. The van der Waals surface area contributed by atoms with Gasteiger partial charge in [0.25, 0.3) is 0 Å². The van der Waals surface area contributed by atoms with Crippen LogP contribution in [-0.4, -0.2) is 27.9 Å². The van der Waals surface area contributed by atoms with Gasteiger partial charge in [-0.05, 0) is 25.0 Å². The van der Waals surface area contributed by atoms with Crippen LogP contribution in [0.1, 0.15) is 27.2 Å². The van der Waals surface area contributed by atoms with Crippen molar-refractivity contribution >= 4 is 40.1 Å². The molecule has 1 aliphatic rings. The molecule has 7 heteroatoms. The summed E-state index contributed by atoms with van der Waals surface area (Å²) < 4.78 is 0. The third-order valence-electron chi connectivity index (χ3n) is 3.34. The zero-order chi connectivity index (χ0) is 16.8. The summed E-state index contributed by atoms with van der Waals surface area (Å²) in [5, 5.41) is 13.5. The second-order valence-electron chi connectivity index (χ2n) is 5.52. The molecule has 1 aliphatic heterocycles. The van der Waals surface area contributed by atoms with E-state index in [2.05, 4.69) is 20.8 Å². The Kier molecular flexibility index (Phi) is 5.92. The Labute approximate surface area is 139 Å². The number of rotatable bonds is 5. The molecule has 2 rings (SSSR count). The number of hydrogen-bond donors (Lipinski definition) is 2. The molecule has 1 fully saturated rings. The maximum Gasteiger partial charge on any atom is 0.240 e. The van der Waals surface area contributed by atoms with Gasteiger partial charge >= 0.3 is 0 Å². The van der Waals surface area contributed by atoms with Crippen LogP contribution < -0.4 is 10.6 Å². The van der Waals surface area contributed by atoms with Gasteiger partial charge in [-0.15, -0.1) is 5.10 Å². The molecule has 23 heavy (non-hydrogen) atoms. The van der Waals surface area contributed by atoms with Crippen LogP contribution in [0.4, 0.5) is 5.69 Å². The molecule has 1 heterocycles. The van der Waals surface area contributed by atoms with Crippen molar-refractivity contribution in [3.63, 3.8) is 0 Å². The molecule has 0 spiro atoms. The van der Waals surface area contributed by atoms with Gasteiger partial charge in [-0.1, -0.05) is 43.8 Å². The van der Waals surface area contributed by atoms with Crippen molar-refractivity contribution in [3.8, 4) is 0 Å². The smallest absolute Gasteiger partial charge is 0.240 e. The number of carbonyl (C=O) groups excluding carboxylic acids is 2. The maximum atomic E-state index is 12.0. The third kappa shape index (κ3) is 5.21. The number of hydrogen-bond acceptors (Lipinski definition) is 5. The molecule has 0 radical (unpaired) electrons. The molecule has 122 valence electrons. The fraction of sp³-hybridized carbons (Fsp3) is 0.375. The largest absolute Gasteiger partial charge is 0.326 e. The van der Waals surface area contributed by atoms with Crippen molar-refractivity contribution in [2.75, 3.05) is 5.32 Å². The van der Waals surface area contributed by atoms with Crippen LogP contribution in [0.2, 0.25) is 0 Å². The van der Waals surface area contributed by atoms with Crippen LogP contribution >= 0.6 is 11.8 Å².